The van der Waals surface area contributed by atoms with Crippen LogP contribution in [-0.2, 0) is 5.41 Å². The maximum Gasteiger partial charge on any atom is 0.0620 e. The number of rotatable bonds is 5. The molecule has 3 aromatic heterocycles. The lowest BCUT2D eigenvalue weighted by Gasteiger charge is -2.26. The standard InChI is InChI=1S/C57H39N3/c1-57(2)50-18-7-3-12-42(50)43-32-24-37(34-51(43)57)36-22-25-38(26-23-36)58(39-27-29-40(30-28-39)59-52-19-8-4-13-44(52)45-14-5-9-20-53(45)59)41-31-33-47-49-17-11-16-48-46-15-6-10-21-54(46)60(56(48)49)55(47)35-41/h3-35H,1-2H3. The molecule has 0 spiro atoms. The Balaban J connectivity index is 0.969. The summed E-state index contributed by atoms with van der Waals surface area (Å²) in [6, 6.07) is 74.1. The molecule has 0 bridgehead atoms. The SMILES string of the molecule is CC1(C)c2ccccc2-c2ccc(-c3ccc(N(c4ccc(-n5c6ccccc6c6ccccc65)cc4)c4ccc5c6cccc7c8ccccc8n(c5c4)c76)cc3)cc21. The molecule has 3 heteroatoms. The first-order chi connectivity index (χ1) is 29.5. The smallest absolute Gasteiger partial charge is 0.0620 e. The largest absolute Gasteiger partial charge is 0.310 e. The van der Waals surface area contributed by atoms with Gasteiger partial charge in [0.25, 0.3) is 0 Å². The summed E-state index contributed by atoms with van der Waals surface area (Å²) < 4.78 is 4.86. The molecule has 1 aliphatic rings. The molecular formula is C57H39N3. The highest BCUT2D eigenvalue weighted by Crippen LogP contribution is 2.50. The quantitative estimate of drug-likeness (QED) is 0.170. The highest BCUT2D eigenvalue weighted by Gasteiger charge is 2.35. The first-order valence-corrected chi connectivity index (χ1v) is 20.9. The molecule has 0 atom stereocenters. The van der Waals surface area contributed by atoms with Gasteiger partial charge in [-0.25, -0.2) is 0 Å². The zero-order valence-corrected chi connectivity index (χ0v) is 33.4. The number of benzene rings is 9. The van der Waals surface area contributed by atoms with E-state index in [9.17, 15) is 0 Å². The van der Waals surface area contributed by atoms with Gasteiger partial charge in [-0.1, -0.05) is 141 Å². The summed E-state index contributed by atoms with van der Waals surface area (Å²) in [5.41, 5.74) is 18.5. The molecule has 0 amide bonds. The molecule has 60 heavy (non-hydrogen) atoms. The minimum absolute atomic E-state index is 0.0477. The van der Waals surface area contributed by atoms with E-state index in [0.717, 1.165) is 22.7 Å². The van der Waals surface area contributed by atoms with Crippen LogP contribution in [0.5, 0.6) is 0 Å². The van der Waals surface area contributed by atoms with Gasteiger partial charge in [0, 0.05) is 60.5 Å². The minimum atomic E-state index is -0.0477. The number of nitrogens with zero attached hydrogens (tertiary/aromatic N) is 3. The molecule has 1 aliphatic carbocycles. The molecule has 282 valence electrons. The number of aromatic nitrogens is 2. The van der Waals surface area contributed by atoms with Crippen molar-refractivity contribution in [2.24, 2.45) is 0 Å². The van der Waals surface area contributed by atoms with E-state index in [1.807, 2.05) is 0 Å². The third-order valence-corrected chi connectivity index (χ3v) is 13.5. The van der Waals surface area contributed by atoms with Gasteiger partial charge in [-0.15, -0.1) is 0 Å². The lowest BCUT2D eigenvalue weighted by Crippen LogP contribution is -2.14. The van der Waals surface area contributed by atoms with Crippen LogP contribution in [0.25, 0.3) is 87.8 Å². The summed E-state index contributed by atoms with van der Waals surface area (Å²) in [7, 11) is 0. The third kappa shape index (κ3) is 4.55. The highest BCUT2D eigenvalue weighted by atomic mass is 15.1. The van der Waals surface area contributed by atoms with Crippen LogP contribution in [0, 0.1) is 0 Å². The topological polar surface area (TPSA) is 12.6 Å². The van der Waals surface area contributed by atoms with E-state index in [4.69, 9.17) is 0 Å². The lowest BCUT2D eigenvalue weighted by molar-refractivity contribution is 0.660. The van der Waals surface area contributed by atoms with Crippen molar-refractivity contribution in [2.45, 2.75) is 19.3 Å². The Labute approximate surface area is 347 Å². The van der Waals surface area contributed by atoms with Crippen LogP contribution in [0.15, 0.2) is 200 Å². The average molecular weight is 766 g/mol. The van der Waals surface area contributed by atoms with E-state index < -0.39 is 0 Å². The summed E-state index contributed by atoms with van der Waals surface area (Å²) >= 11 is 0. The summed E-state index contributed by atoms with van der Waals surface area (Å²) in [6.45, 7) is 4.71. The van der Waals surface area contributed by atoms with Gasteiger partial charge in [-0.2, -0.15) is 0 Å². The first kappa shape index (κ1) is 33.4. The van der Waals surface area contributed by atoms with E-state index in [0.29, 0.717) is 0 Å². The van der Waals surface area contributed by atoms with E-state index in [1.54, 1.807) is 0 Å². The van der Waals surface area contributed by atoms with Crippen LogP contribution in [0.2, 0.25) is 0 Å². The van der Waals surface area contributed by atoms with Crippen molar-refractivity contribution in [3.8, 4) is 27.9 Å². The molecule has 3 heterocycles. The average Bonchev–Trinajstić information content (AvgIpc) is 4.00. The third-order valence-electron chi connectivity index (χ3n) is 13.5. The Kier molecular flexibility index (Phi) is 6.78. The summed E-state index contributed by atoms with van der Waals surface area (Å²) in [4.78, 5) is 2.41. The van der Waals surface area contributed by atoms with E-state index >= 15 is 0 Å². The van der Waals surface area contributed by atoms with E-state index in [-0.39, 0.29) is 5.41 Å². The molecule has 12 aromatic rings. The van der Waals surface area contributed by atoms with Crippen molar-refractivity contribution in [1.82, 2.24) is 8.97 Å². The number of fused-ring (bicyclic) bond motifs is 12. The molecule has 0 fully saturated rings. The van der Waals surface area contributed by atoms with Gasteiger partial charge in [0.05, 0.1) is 27.6 Å². The molecule has 0 N–H and O–H groups in total. The Morgan fingerprint density at radius 3 is 1.58 bits per heavy atom. The lowest BCUT2D eigenvalue weighted by atomic mass is 9.81. The van der Waals surface area contributed by atoms with Gasteiger partial charge in [0.15, 0.2) is 0 Å². The van der Waals surface area contributed by atoms with Gasteiger partial charge in [-0.05, 0) is 106 Å². The fourth-order valence-corrected chi connectivity index (χ4v) is 10.6. The molecule has 0 radical (unpaired) electrons. The second kappa shape index (κ2) is 12.2. The number of hydrogen-bond donors (Lipinski definition) is 0. The van der Waals surface area contributed by atoms with Crippen molar-refractivity contribution in [3.63, 3.8) is 0 Å². The van der Waals surface area contributed by atoms with Gasteiger partial charge < -0.3 is 13.9 Å². The van der Waals surface area contributed by atoms with Crippen LogP contribution >= 0.6 is 0 Å². The van der Waals surface area contributed by atoms with Crippen LogP contribution < -0.4 is 4.90 Å². The van der Waals surface area contributed by atoms with Crippen molar-refractivity contribution in [3.05, 3.63) is 211 Å². The Morgan fingerprint density at radius 1 is 0.367 bits per heavy atom. The summed E-state index contributed by atoms with van der Waals surface area (Å²) in [6.07, 6.45) is 0. The molecule has 0 unspecified atom stereocenters. The molecule has 0 aliphatic heterocycles. The van der Waals surface area contributed by atoms with Crippen LogP contribution in [0.4, 0.5) is 17.1 Å². The Morgan fingerprint density at radius 2 is 0.883 bits per heavy atom. The van der Waals surface area contributed by atoms with Gasteiger partial charge in [0.1, 0.15) is 0 Å². The van der Waals surface area contributed by atoms with Crippen molar-refractivity contribution >= 4 is 77.0 Å². The van der Waals surface area contributed by atoms with E-state index in [2.05, 4.69) is 228 Å². The number of hydrogen-bond acceptors (Lipinski definition) is 1. The second-order valence-corrected chi connectivity index (χ2v) is 17.0. The van der Waals surface area contributed by atoms with Crippen molar-refractivity contribution in [1.29, 1.82) is 0 Å². The van der Waals surface area contributed by atoms with Gasteiger partial charge in [-0.3, -0.25) is 0 Å². The number of para-hydroxylation sites is 4. The van der Waals surface area contributed by atoms with Crippen LogP contribution in [-0.4, -0.2) is 8.97 Å². The van der Waals surface area contributed by atoms with Crippen LogP contribution in [0.1, 0.15) is 25.0 Å². The maximum atomic E-state index is 2.47. The Bertz CT molecular complexity index is 3620. The van der Waals surface area contributed by atoms with Gasteiger partial charge in [0.2, 0.25) is 0 Å². The van der Waals surface area contributed by atoms with Gasteiger partial charge >= 0.3 is 0 Å². The molecule has 9 aromatic carbocycles. The van der Waals surface area contributed by atoms with Crippen molar-refractivity contribution in [2.75, 3.05) is 4.90 Å². The summed E-state index contributed by atoms with van der Waals surface area (Å²) in [5.74, 6) is 0. The normalized spacial score (nSPS) is 13.3. The predicted molar refractivity (Wildman–Crippen MR) is 253 cm³/mol. The second-order valence-electron chi connectivity index (χ2n) is 17.0. The van der Waals surface area contributed by atoms with Crippen molar-refractivity contribution < 1.29 is 0 Å². The van der Waals surface area contributed by atoms with E-state index in [1.165, 1.54) is 93.3 Å². The summed E-state index contributed by atoms with van der Waals surface area (Å²) in [5, 5.41) is 7.67. The zero-order chi connectivity index (χ0) is 39.7. The fourth-order valence-electron chi connectivity index (χ4n) is 10.6. The van der Waals surface area contributed by atoms with Crippen LogP contribution in [0.3, 0.4) is 0 Å². The molecule has 0 saturated heterocycles. The molecule has 3 nitrogen and oxygen atoms in total. The Hall–Kier alpha value is -7.62. The first-order valence-electron chi connectivity index (χ1n) is 20.9. The number of anilines is 3. The molecule has 0 saturated carbocycles. The zero-order valence-electron chi connectivity index (χ0n) is 33.4. The maximum absolute atomic E-state index is 2.47. The predicted octanol–water partition coefficient (Wildman–Crippen LogP) is 15.4. The molecular weight excluding hydrogens is 727 g/mol. The monoisotopic (exact) mass is 765 g/mol. The highest BCUT2D eigenvalue weighted by molar-refractivity contribution is 6.23. The molecule has 13 rings (SSSR count). The fraction of sp³-hybridized carbons (Fsp3) is 0.0526. The minimum Gasteiger partial charge on any atom is -0.310 e.